The van der Waals surface area contributed by atoms with E-state index in [1.54, 1.807) is 44.2 Å². The summed E-state index contributed by atoms with van der Waals surface area (Å²) in [4.78, 5) is 43.5. The molecule has 2 N–H and O–H groups in total. The highest BCUT2D eigenvalue weighted by atomic mass is 19.2. The molecule has 2 aliphatic rings. The zero-order valence-electron chi connectivity index (χ0n) is 19.1. The van der Waals surface area contributed by atoms with Crippen molar-refractivity contribution in [3.05, 3.63) is 47.7 Å². The van der Waals surface area contributed by atoms with Crippen LogP contribution in [0.3, 0.4) is 0 Å². The Labute approximate surface area is 196 Å². The Hall–Kier alpha value is -3.69. The third-order valence-corrected chi connectivity index (χ3v) is 5.91. The predicted octanol–water partition coefficient (Wildman–Crippen LogP) is 2.73. The first-order valence-corrected chi connectivity index (χ1v) is 11.0. The molecule has 3 heterocycles. The maximum atomic E-state index is 13.9. The van der Waals surface area contributed by atoms with Crippen molar-refractivity contribution in [2.24, 2.45) is 5.92 Å². The van der Waals surface area contributed by atoms with Crippen LogP contribution in [-0.2, 0) is 25.5 Å². The number of nitrogen functional groups attached to an aromatic ring is 1. The fourth-order valence-electron chi connectivity index (χ4n) is 4.29. The number of hydrogen-bond donors (Lipinski definition) is 1. The molecule has 4 atom stereocenters. The SMILES string of the molecule is CCOC(=O)[C@@H]1[C@@H](Cc2ccnc(N)c2)C(=O)N1C(=O)CC(C)c1ccc2c(c1)OC(C)(F)O2. The van der Waals surface area contributed by atoms with Crippen molar-refractivity contribution in [1.29, 1.82) is 0 Å². The number of likely N-dealkylation sites (tertiary alicyclic amines) is 1. The van der Waals surface area contributed by atoms with Gasteiger partial charge in [-0.2, -0.15) is 4.39 Å². The van der Waals surface area contributed by atoms with Crippen LogP contribution in [0.1, 0.15) is 44.2 Å². The number of hydrogen-bond acceptors (Lipinski definition) is 8. The number of benzene rings is 1. The van der Waals surface area contributed by atoms with E-state index in [9.17, 15) is 18.8 Å². The minimum Gasteiger partial charge on any atom is -0.464 e. The van der Waals surface area contributed by atoms with Gasteiger partial charge in [-0.15, -0.1) is 0 Å². The molecular weight excluding hydrogens is 445 g/mol. The van der Waals surface area contributed by atoms with Gasteiger partial charge >= 0.3 is 12.0 Å². The fraction of sp³-hybridized carbons (Fsp3) is 0.417. The molecule has 1 fully saturated rings. The summed E-state index contributed by atoms with van der Waals surface area (Å²) in [6, 6.07) is 4.97. The minimum absolute atomic E-state index is 0.0386. The van der Waals surface area contributed by atoms with Crippen LogP contribution in [0.5, 0.6) is 11.5 Å². The molecule has 0 spiro atoms. The number of aromatic nitrogens is 1. The number of carbonyl (C=O) groups is 3. The zero-order valence-corrected chi connectivity index (χ0v) is 19.1. The van der Waals surface area contributed by atoms with Crippen LogP contribution in [-0.4, -0.2) is 46.4 Å². The minimum atomic E-state index is -2.24. The topological polar surface area (TPSA) is 121 Å². The first-order chi connectivity index (χ1) is 16.1. The van der Waals surface area contributed by atoms with Gasteiger partial charge in [-0.3, -0.25) is 14.5 Å². The normalized spacial score (nSPS) is 23.9. The van der Waals surface area contributed by atoms with Crippen molar-refractivity contribution in [3.8, 4) is 11.5 Å². The van der Waals surface area contributed by atoms with Crippen molar-refractivity contribution < 1.29 is 33.0 Å². The van der Waals surface area contributed by atoms with Crippen molar-refractivity contribution in [2.45, 2.75) is 51.6 Å². The average Bonchev–Trinajstić information content (AvgIpc) is 3.08. The molecule has 2 aromatic rings. The summed E-state index contributed by atoms with van der Waals surface area (Å²) in [5, 5.41) is 0. The van der Waals surface area contributed by atoms with Gasteiger partial charge in [0.05, 0.1) is 12.5 Å². The van der Waals surface area contributed by atoms with Crippen LogP contribution in [0.15, 0.2) is 36.5 Å². The van der Waals surface area contributed by atoms with E-state index in [0.717, 1.165) is 17.4 Å². The number of fused-ring (bicyclic) bond motifs is 1. The van der Waals surface area contributed by atoms with E-state index in [4.69, 9.17) is 19.9 Å². The summed E-state index contributed by atoms with van der Waals surface area (Å²) in [6.07, 6.45) is 1.72. The molecule has 0 bridgehead atoms. The van der Waals surface area contributed by atoms with Gasteiger partial charge in [0.25, 0.3) is 0 Å². The highest BCUT2D eigenvalue weighted by Gasteiger charge is 2.55. The predicted molar refractivity (Wildman–Crippen MR) is 118 cm³/mol. The number of ether oxygens (including phenoxy) is 3. The van der Waals surface area contributed by atoms with Crippen LogP contribution in [0, 0.1) is 5.92 Å². The summed E-state index contributed by atoms with van der Waals surface area (Å²) >= 11 is 0. The number of anilines is 1. The van der Waals surface area contributed by atoms with Gasteiger partial charge in [0, 0.05) is 19.5 Å². The summed E-state index contributed by atoms with van der Waals surface area (Å²) in [6.45, 7) is 4.74. The summed E-state index contributed by atoms with van der Waals surface area (Å²) in [7, 11) is 0. The first kappa shape index (κ1) is 23.5. The summed E-state index contributed by atoms with van der Waals surface area (Å²) < 4.78 is 29.3. The molecule has 180 valence electrons. The number of alkyl halides is 1. The number of esters is 1. The summed E-state index contributed by atoms with van der Waals surface area (Å²) in [5.74, 6) is -1.81. The first-order valence-electron chi connectivity index (χ1n) is 11.0. The molecular formula is C24H26FN3O6. The maximum Gasteiger partial charge on any atom is 0.404 e. The lowest BCUT2D eigenvalue weighted by Gasteiger charge is -2.44. The van der Waals surface area contributed by atoms with E-state index in [-0.39, 0.29) is 36.9 Å². The number of nitrogens with zero attached hydrogens (tertiary/aromatic N) is 2. The van der Waals surface area contributed by atoms with E-state index in [1.807, 2.05) is 0 Å². The Kier molecular flexibility index (Phi) is 6.16. The number of nitrogens with two attached hydrogens (primary N) is 1. The third kappa shape index (κ3) is 4.52. The number of rotatable bonds is 7. The van der Waals surface area contributed by atoms with Crippen molar-refractivity contribution in [1.82, 2.24) is 9.88 Å². The average molecular weight is 471 g/mol. The van der Waals surface area contributed by atoms with Gasteiger partial charge in [-0.25, -0.2) is 9.78 Å². The van der Waals surface area contributed by atoms with Gasteiger partial charge in [0.15, 0.2) is 11.5 Å². The van der Waals surface area contributed by atoms with E-state index in [0.29, 0.717) is 11.4 Å². The number of β-lactam (4-membered cyclic amide) rings is 1. The standard InChI is InChI=1S/C24H26FN3O6/c1-4-32-23(31)21-16(10-14-7-8-27-19(26)11-14)22(30)28(21)20(29)9-13(2)15-5-6-17-18(12-15)34-24(3,25)33-17/h5-8,11-13,16,21H,4,9-10H2,1-3H3,(H2,26,27)/t13?,16-,21+,24?/m1/s1. The third-order valence-electron chi connectivity index (χ3n) is 5.91. The maximum absolute atomic E-state index is 13.9. The fourth-order valence-corrected chi connectivity index (χ4v) is 4.29. The number of carbonyl (C=O) groups excluding carboxylic acids is 3. The van der Waals surface area contributed by atoms with Gasteiger partial charge in [0.2, 0.25) is 11.8 Å². The van der Waals surface area contributed by atoms with E-state index >= 15 is 0 Å². The Morgan fingerprint density at radius 3 is 2.71 bits per heavy atom. The van der Waals surface area contributed by atoms with E-state index < -0.39 is 35.8 Å². The molecule has 34 heavy (non-hydrogen) atoms. The van der Waals surface area contributed by atoms with E-state index in [2.05, 4.69) is 4.98 Å². The number of amides is 2. The number of pyridine rings is 1. The van der Waals surface area contributed by atoms with Gasteiger partial charge < -0.3 is 19.9 Å². The molecule has 2 unspecified atom stereocenters. The Balaban J connectivity index is 1.48. The Bertz CT molecular complexity index is 1140. The molecule has 1 aromatic heterocycles. The van der Waals surface area contributed by atoms with Crippen molar-refractivity contribution in [3.63, 3.8) is 0 Å². The van der Waals surface area contributed by atoms with Crippen LogP contribution in [0.4, 0.5) is 10.2 Å². The largest absolute Gasteiger partial charge is 0.464 e. The molecule has 9 nitrogen and oxygen atoms in total. The second kappa shape index (κ2) is 8.92. The molecule has 0 aliphatic carbocycles. The van der Waals surface area contributed by atoms with Crippen LogP contribution in [0.2, 0.25) is 0 Å². The second-order valence-corrected chi connectivity index (χ2v) is 8.55. The Morgan fingerprint density at radius 1 is 1.26 bits per heavy atom. The molecule has 0 saturated carbocycles. The number of imide groups is 1. The highest BCUT2D eigenvalue weighted by molar-refractivity contribution is 6.08. The van der Waals surface area contributed by atoms with Crippen LogP contribution in [0.25, 0.3) is 0 Å². The van der Waals surface area contributed by atoms with Gasteiger partial charge in [-0.05, 0) is 54.7 Å². The van der Waals surface area contributed by atoms with Crippen LogP contribution >= 0.6 is 0 Å². The molecule has 2 amide bonds. The highest BCUT2D eigenvalue weighted by Crippen LogP contribution is 2.42. The Morgan fingerprint density at radius 2 is 2.00 bits per heavy atom. The van der Waals surface area contributed by atoms with Gasteiger partial charge in [-0.1, -0.05) is 13.0 Å². The smallest absolute Gasteiger partial charge is 0.404 e. The van der Waals surface area contributed by atoms with Crippen molar-refractivity contribution in [2.75, 3.05) is 12.3 Å². The molecule has 4 rings (SSSR count). The molecule has 10 heteroatoms. The van der Waals surface area contributed by atoms with Gasteiger partial charge in [0.1, 0.15) is 11.9 Å². The molecule has 2 aliphatic heterocycles. The van der Waals surface area contributed by atoms with Crippen molar-refractivity contribution >= 4 is 23.6 Å². The monoisotopic (exact) mass is 471 g/mol. The summed E-state index contributed by atoms with van der Waals surface area (Å²) in [5.41, 5.74) is 7.16. The quantitative estimate of drug-likeness (QED) is 0.483. The van der Waals surface area contributed by atoms with Crippen LogP contribution < -0.4 is 15.2 Å². The lowest BCUT2D eigenvalue weighted by Crippen LogP contribution is -2.67. The molecule has 1 saturated heterocycles. The lowest BCUT2D eigenvalue weighted by molar-refractivity contribution is -0.179. The zero-order chi connectivity index (χ0) is 24.6. The number of halogens is 1. The molecule has 1 aromatic carbocycles. The van der Waals surface area contributed by atoms with E-state index in [1.165, 1.54) is 6.20 Å². The second-order valence-electron chi connectivity index (χ2n) is 8.55. The molecule has 0 radical (unpaired) electrons. The lowest BCUT2D eigenvalue weighted by atomic mass is 9.81.